The van der Waals surface area contributed by atoms with Crippen molar-refractivity contribution in [3.63, 3.8) is 0 Å². The van der Waals surface area contributed by atoms with Gasteiger partial charge in [0.25, 0.3) is 5.91 Å². The molecule has 2 heterocycles. The van der Waals surface area contributed by atoms with E-state index in [2.05, 4.69) is 15.3 Å². The van der Waals surface area contributed by atoms with Gasteiger partial charge in [0.15, 0.2) is 5.17 Å². The molecule has 0 aromatic heterocycles. The van der Waals surface area contributed by atoms with Crippen molar-refractivity contribution in [1.82, 2.24) is 5.32 Å². The molecule has 8 heteroatoms. The summed E-state index contributed by atoms with van der Waals surface area (Å²) in [6.45, 7) is 0.592. The number of rotatable bonds is 7. The van der Waals surface area contributed by atoms with Gasteiger partial charge in [0.05, 0.1) is 5.04 Å². The lowest BCUT2D eigenvalue weighted by Crippen LogP contribution is -2.25. The van der Waals surface area contributed by atoms with Gasteiger partial charge in [-0.05, 0) is 49.0 Å². The van der Waals surface area contributed by atoms with Crippen LogP contribution >= 0.6 is 23.5 Å². The number of aliphatic hydroxyl groups is 1. The number of nitrogens with zero attached hydrogens (tertiary/aromatic N) is 2. The van der Waals surface area contributed by atoms with Crippen LogP contribution in [0.3, 0.4) is 0 Å². The number of fused-ring (bicyclic) bond motifs is 2. The maximum Gasteiger partial charge on any atom is 0.262 e. The zero-order chi connectivity index (χ0) is 17.6. The van der Waals surface area contributed by atoms with E-state index in [1.807, 2.05) is 0 Å². The number of hydrogen-bond acceptors (Lipinski definition) is 6. The van der Waals surface area contributed by atoms with E-state index in [0.29, 0.717) is 36.7 Å². The Morgan fingerprint density at radius 2 is 2.12 bits per heavy atom. The van der Waals surface area contributed by atoms with Crippen LogP contribution in [0.25, 0.3) is 0 Å². The highest BCUT2D eigenvalue weighted by Gasteiger charge is 2.40. The number of allylic oxidation sites excluding steroid dienone is 1. The minimum absolute atomic E-state index is 0.00897. The molecule has 0 spiro atoms. The Balaban J connectivity index is 1.45. The summed E-state index contributed by atoms with van der Waals surface area (Å²) >= 11 is 3.11. The van der Waals surface area contributed by atoms with E-state index >= 15 is 0 Å². The Kier molecular flexibility index (Phi) is 6.72. The molecule has 6 nitrogen and oxygen atoms in total. The molecule has 25 heavy (non-hydrogen) atoms. The summed E-state index contributed by atoms with van der Waals surface area (Å²) in [4.78, 5) is 34.1. The van der Waals surface area contributed by atoms with Crippen LogP contribution in [0.2, 0.25) is 0 Å². The van der Waals surface area contributed by atoms with Crippen LogP contribution in [0.1, 0.15) is 44.9 Å². The predicted octanol–water partition coefficient (Wildman–Crippen LogP) is 2.48. The fraction of sp³-hybridized carbons (Fsp3) is 0.647. The Labute approximate surface area is 156 Å². The Hall–Kier alpha value is -1.12. The average Bonchev–Trinajstić information content (AvgIpc) is 2.98. The second kappa shape index (κ2) is 9.00. The zero-order valence-corrected chi connectivity index (χ0v) is 15.8. The van der Waals surface area contributed by atoms with Gasteiger partial charge in [0.1, 0.15) is 5.92 Å². The molecule has 0 bridgehead atoms. The molecule has 3 rings (SSSR count). The normalized spacial score (nSPS) is 22.3. The quantitative estimate of drug-likeness (QED) is 0.661. The lowest BCUT2D eigenvalue weighted by Gasteiger charge is -2.18. The summed E-state index contributed by atoms with van der Waals surface area (Å²) in [6, 6.07) is 0. The van der Waals surface area contributed by atoms with Crippen LogP contribution < -0.4 is 5.32 Å². The lowest BCUT2D eigenvalue weighted by molar-refractivity contribution is -0.121. The first-order chi connectivity index (χ1) is 12.2. The molecule has 0 fully saturated rings. The van der Waals surface area contributed by atoms with Gasteiger partial charge in [-0.1, -0.05) is 23.5 Å². The number of amidine groups is 1. The first-order valence-electron chi connectivity index (χ1n) is 8.80. The highest BCUT2D eigenvalue weighted by molar-refractivity contribution is 8.18. The van der Waals surface area contributed by atoms with Gasteiger partial charge in [0, 0.05) is 25.3 Å². The van der Waals surface area contributed by atoms with Crippen molar-refractivity contribution in [3.8, 4) is 0 Å². The fourth-order valence-corrected chi connectivity index (χ4v) is 5.32. The standard InChI is InChI=1S/C17H23N3O3S2/c21-9-4-8-18-13(22)7-3-10-24-17-19-15(23)14-11-5-1-2-6-12(11)25-16(14)20-17/h14,21H,1-10H2,(H,18,22). The van der Waals surface area contributed by atoms with Crippen LogP contribution in [0, 0.1) is 5.92 Å². The smallest absolute Gasteiger partial charge is 0.262 e. The number of aliphatic imine (C=N–C) groups is 2. The van der Waals surface area contributed by atoms with Crippen LogP contribution in [0.4, 0.5) is 0 Å². The molecule has 0 saturated heterocycles. The van der Waals surface area contributed by atoms with Crippen molar-refractivity contribution in [2.45, 2.75) is 44.9 Å². The van der Waals surface area contributed by atoms with E-state index in [-0.39, 0.29) is 24.3 Å². The third kappa shape index (κ3) is 4.74. The number of carbonyl (C=O) groups excluding carboxylic acids is 2. The molecule has 136 valence electrons. The second-order valence-electron chi connectivity index (χ2n) is 6.25. The molecule has 0 aromatic rings. The van der Waals surface area contributed by atoms with E-state index < -0.39 is 0 Å². The fourth-order valence-electron chi connectivity index (χ4n) is 3.13. The number of nitrogens with one attached hydrogen (secondary N) is 1. The number of hydrogen-bond donors (Lipinski definition) is 2. The van der Waals surface area contributed by atoms with Crippen molar-refractivity contribution >= 4 is 45.5 Å². The third-order valence-electron chi connectivity index (χ3n) is 4.38. The number of amides is 2. The van der Waals surface area contributed by atoms with Crippen LogP contribution in [0.5, 0.6) is 0 Å². The van der Waals surface area contributed by atoms with Crippen LogP contribution in [-0.2, 0) is 9.59 Å². The highest BCUT2D eigenvalue weighted by Crippen LogP contribution is 2.47. The summed E-state index contributed by atoms with van der Waals surface area (Å²) in [5.74, 6) is 0.416. The van der Waals surface area contributed by atoms with Crippen LogP contribution in [0.15, 0.2) is 20.5 Å². The lowest BCUT2D eigenvalue weighted by atomic mass is 9.89. The van der Waals surface area contributed by atoms with Crippen molar-refractivity contribution in [2.75, 3.05) is 18.9 Å². The molecule has 2 aliphatic heterocycles. The van der Waals surface area contributed by atoms with Gasteiger partial charge in [-0.2, -0.15) is 4.99 Å². The largest absolute Gasteiger partial charge is 0.396 e. The first-order valence-corrected chi connectivity index (χ1v) is 10.6. The maximum atomic E-state index is 12.4. The molecule has 1 atom stereocenters. The SMILES string of the molecule is O=C(CCCSC1=NC(=O)C2C(=N1)SC1=C2CCCC1)NCCCO. The highest BCUT2D eigenvalue weighted by atomic mass is 32.2. The van der Waals surface area contributed by atoms with Gasteiger partial charge in [-0.3, -0.25) is 9.59 Å². The van der Waals surface area contributed by atoms with Crippen molar-refractivity contribution < 1.29 is 14.7 Å². The van der Waals surface area contributed by atoms with Gasteiger partial charge in [0.2, 0.25) is 5.91 Å². The van der Waals surface area contributed by atoms with Crippen molar-refractivity contribution in [2.24, 2.45) is 15.9 Å². The molecular formula is C17H23N3O3S2. The molecule has 2 N–H and O–H groups in total. The number of aliphatic hydroxyl groups excluding tert-OH is 1. The van der Waals surface area contributed by atoms with E-state index in [0.717, 1.165) is 24.3 Å². The topological polar surface area (TPSA) is 91.1 Å². The minimum Gasteiger partial charge on any atom is -0.396 e. The minimum atomic E-state index is -0.207. The summed E-state index contributed by atoms with van der Waals surface area (Å²) in [6.07, 6.45) is 6.14. The van der Waals surface area contributed by atoms with E-state index in [4.69, 9.17) is 5.11 Å². The number of carbonyl (C=O) groups is 2. The summed E-state index contributed by atoms with van der Waals surface area (Å²) in [5, 5.41) is 12.9. The summed E-state index contributed by atoms with van der Waals surface area (Å²) in [7, 11) is 0. The van der Waals surface area contributed by atoms with E-state index in [1.165, 1.54) is 28.7 Å². The van der Waals surface area contributed by atoms with E-state index in [9.17, 15) is 9.59 Å². The molecule has 0 aromatic carbocycles. The molecule has 0 saturated carbocycles. The monoisotopic (exact) mass is 381 g/mol. The Morgan fingerprint density at radius 1 is 1.28 bits per heavy atom. The molecule has 0 radical (unpaired) electrons. The van der Waals surface area contributed by atoms with Gasteiger partial charge < -0.3 is 10.4 Å². The van der Waals surface area contributed by atoms with Crippen LogP contribution in [-0.4, -0.2) is 46.0 Å². The van der Waals surface area contributed by atoms with Gasteiger partial charge >= 0.3 is 0 Å². The first kappa shape index (κ1) is 18.7. The average molecular weight is 382 g/mol. The third-order valence-corrected chi connectivity index (χ3v) is 6.56. The second-order valence-corrected chi connectivity index (χ2v) is 8.43. The molecule has 2 amide bonds. The molecule has 3 aliphatic rings. The Bertz CT molecular complexity index is 643. The number of thioether (sulfide) groups is 2. The summed E-state index contributed by atoms with van der Waals surface area (Å²) < 4.78 is 0. The van der Waals surface area contributed by atoms with Crippen molar-refractivity contribution in [3.05, 3.63) is 10.5 Å². The van der Waals surface area contributed by atoms with Gasteiger partial charge in [-0.25, -0.2) is 4.99 Å². The zero-order valence-electron chi connectivity index (χ0n) is 14.1. The maximum absolute atomic E-state index is 12.4. The van der Waals surface area contributed by atoms with Crippen molar-refractivity contribution in [1.29, 1.82) is 0 Å². The van der Waals surface area contributed by atoms with E-state index in [1.54, 1.807) is 11.8 Å². The molecular weight excluding hydrogens is 358 g/mol. The molecule has 1 unspecified atom stereocenters. The van der Waals surface area contributed by atoms with Gasteiger partial charge in [-0.15, -0.1) is 0 Å². The summed E-state index contributed by atoms with van der Waals surface area (Å²) in [5.41, 5.74) is 1.26. The predicted molar refractivity (Wildman–Crippen MR) is 103 cm³/mol. The Morgan fingerprint density at radius 3 is 2.96 bits per heavy atom. The molecule has 1 aliphatic carbocycles.